The number of likely N-dealkylation sites (N-methyl/N-ethyl adjacent to an activating group) is 1. The van der Waals surface area contributed by atoms with Gasteiger partial charge in [0.05, 0.1) is 43.2 Å². The molecule has 1 heterocycles. The number of aliphatic hydroxyl groups excluding tert-OH is 1. The quantitative estimate of drug-likeness (QED) is 0.295. The molecule has 0 bridgehead atoms. The number of nitrogens with one attached hydrogen (secondary N) is 2. The Morgan fingerprint density at radius 3 is 2.30 bits per heavy atom. The van der Waals surface area contributed by atoms with Gasteiger partial charge < -0.3 is 30.1 Å². The van der Waals surface area contributed by atoms with Crippen LogP contribution in [0.4, 0.5) is 29.3 Å². The van der Waals surface area contributed by atoms with Crippen molar-refractivity contribution in [2.75, 3.05) is 44.5 Å². The SMILES string of the molecule is COc1ccc(S(=O)(=O)N(C)C[C@@H]2Oc3ccc(NC(=O)Nc4ccc(C(F)(F)F)cc4)cc3CC(=O)N([C@H](C)CO)C[C@@H]2C)cc1. The first-order valence-electron chi connectivity index (χ1n) is 14.7. The largest absolute Gasteiger partial charge is 0.497 e. The summed E-state index contributed by atoms with van der Waals surface area (Å²) in [6.07, 6.45) is -5.38. The molecular weight excluding hydrogens is 641 g/mol. The van der Waals surface area contributed by atoms with Crippen molar-refractivity contribution in [3.63, 3.8) is 0 Å². The van der Waals surface area contributed by atoms with Crippen LogP contribution >= 0.6 is 0 Å². The molecule has 0 spiro atoms. The zero-order chi connectivity index (χ0) is 34.5. The lowest BCUT2D eigenvalue weighted by atomic mass is 10.0. The Hall–Kier alpha value is -4.34. The Labute approximate surface area is 271 Å². The van der Waals surface area contributed by atoms with Gasteiger partial charge in [0.25, 0.3) is 0 Å². The molecule has 0 radical (unpaired) electrons. The van der Waals surface area contributed by atoms with Gasteiger partial charge >= 0.3 is 12.2 Å². The number of urea groups is 1. The minimum atomic E-state index is -4.51. The van der Waals surface area contributed by atoms with Crippen LogP contribution in [0.3, 0.4) is 0 Å². The van der Waals surface area contributed by atoms with Crippen molar-refractivity contribution in [3.8, 4) is 11.5 Å². The lowest BCUT2D eigenvalue weighted by molar-refractivity contribution is -0.137. The van der Waals surface area contributed by atoms with Crippen molar-refractivity contribution in [2.24, 2.45) is 5.92 Å². The third-order valence-electron chi connectivity index (χ3n) is 7.85. The number of carbonyl (C=O) groups excluding carboxylic acids is 2. The van der Waals surface area contributed by atoms with Crippen molar-refractivity contribution >= 4 is 33.3 Å². The van der Waals surface area contributed by atoms with Gasteiger partial charge in [-0.15, -0.1) is 0 Å². The molecule has 1 aliphatic heterocycles. The molecule has 3 N–H and O–H groups in total. The maximum atomic E-state index is 13.5. The molecule has 0 saturated heterocycles. The Morgan fingerprint density at radius 2 is 1.70 bits per heavy atom. The van der Waals surface area contributed by atoms with E-state index in [9.17, 15) is 36.3 Å². The standard InChI is InChI=1S/C32H37F3N4O7S/c1-20-17-39(21(2)19-40)30(41)16-22-15-25(37-31(42)36-24-7-5-23(6-8-24)32(33,34)35)9-14-28(22)46-29(20)18-38(3)47(43,44)27-12-10-26(45-4)11-13-27/h5-15,20-21,29,40H,16-19H2,1-4H3,(H2,36,37,42)/t20-,21+,29-/m0/s1. The highest BCUT2D eigenvalue weighted by atomic mass is 32.2. The third kappa shape index (κ3) is 8.73. The number of aliphatic hydroxyl groups is 1. The van der Waals surface area contributed by atoms with Gasteiger partial charge in [0.2, 0.25) is 15.9 Å². The van der Waals surface area contributed by atoms with E-state index >= 15 is 0 Å². The number of benzene rings is 3. The number of carbonyl (C=O) groups is 2. The van der Waals surface area contributed by atoms with E-state index < -0.39 is 39.9 Å². The fourth-order valence-electron chi connectivity index (χ4n) is 5.04. The first-order chi connectivity index (χ1) is 22.1. The molecule has 0 unspecified atom stereocenters. The maximum absolute atomic E-state index is 13.5. The molecule has 11 nitrogen and oxygen atoms in total. The molecule has 3 atom stereocenters. The molecule has 254 valence electrons. The summed E-state index contributed by atoms with van der Waals surface area (Å²) in [5.74, 6) is 0.122. The predicted octanol–water partition coefficient (Wildman–Crippen LogP) is 4.83. The summed E-state index contributed by atoms with van der Waals surface area (Å²) in [7, 11) is -1.01. The fourth-order valence-corrected chi connectivity index (χ4v) is 6.22. The van der Waals surface area contributed by atoms with E-state index in [2.05, 4.69) is 10.6 Å². The van der Waals surface area contributed by atoms with Crippen molar-refractivity contribution in [1.82, 2.24) is 9.21 Å². The van der Waals surface area contributed by atoms with Crippen molar-refractivity contribution in [2.45, 2.75) is 43.5 Å². The monoisotopic (exact) mass is 678 g/mol. The molecule has 3 aromatic carbocycles. The van der Waals surface area contributed by atoms with Crippen molar-refractivity contribution in [1.29, 1.82) is 0 Å². The van der Waals surface area contributed by atoms with E-state index in [0.29, 0.717) is 17.1 Å². The number of sulfonamides is 1. The second kappa shape index (κ2) is 14.6. The molecule has 47 heavy (non-hydrogen) atoms. The average Bonchev–Trinajstić information content (AvgIpc) is 3.07. The van der Waals surface area contributed by atoms with Gasteiger partial charge in [0, 0.05) is 36.4 Å². The van der Waals surface area contributed by atoms with Crippen LogP contribution < -0.4 is 20.1 Å². The normalized spacial score (nSPS) is 17.9. The summed E-state index contributed by atoms with van der Waals surface area (Å²) in [5, 5.41) is 15.0. The number of hydrogen-bond acceptors (Lipinski definition) is 7. The Morgan fingerprint density at radius 1 is 1.09 bits per heavy atom. The van der Waals surface area contributed by atoms with Crippen molar-refractivity contribution < 1.29 is 45.8 Å². The zero-order valence-corrected chi connectivity index (χ0v) is 27.1. The Bertz CT molecular complexity index is 1670. The predicted molar refractivity (Wildman–Crippen MR) is 169 cm³/mol. The summed E-state index contributed by atoms with van der Waals surface area (Å²) >= 11 is 0. The summed E-state index contributed by atoms with van der Waals surface area (Å²) in [4.78, 5) is 27.7. The minimum Gasteiger partial charge on any atom is -0.497 e. The van der Waals surface area contributed by atoms with Crippen LogP contribution in [0.15, 0.2) is 71.6 Å². The van der Waals surface area contributed by atoms with Gasteiger partial charge in [0.15, 0.2) is 0 Å². The van der Waals surface area contributed by atoms with Gasteiger partial charge in [-0.2, -0.15) is 17.5 Å². The maximum Gasteiger partial charge on any atom is 0.416 e. The molecular formula is C32H37F3N4O7S. The van der Waals surface area contributed by atoms with E-state index in [1.807, 2.05) is 6.92 Å². The van der Waals surface area contributed by atoms with Gasteiger partial charge in [-0.05, 0) is 73.7 Å². The third-order valence-corrected chi connectivity index (χ3v) is 9.69. The molecule has 3 amide bonds. The van der Waals surface area contributed by atoms with Crippen LogP contribution in [-0.2, 0) is 27.4 Å². The van der Waals surface area contributed by atoms with Gasteiger partial charge in [-0.3, -0.25) is 4.79 Å². The molecule has 0 fully saturated rings. The summed E-state index contributed by atoms with van der Waals surface area (Å²) in [6, 6.07) is 13.3. The van der Waals surface area contributed by atoms with Crippen molar-refractivity contribution in [3.05, 3.63) is 77.9 Å². The number of ether oxygens (including phenoxy) is 2. The average molecular weight is 679 g/mol. The number of anilines is 2. The number of nitrogens with zero attached hydrogens (tertiary/aromatic N) is 2. The van der Waals surface area contributed by atoms with Crippen LogP contribution in [0, 0.1) is 5.92 Å². The first kappa shape index (κ1) is 35.5. The van der Waals surface area contributed by atoms with E-state index in [4.69, 9.17) is 9.47 Å². The van der Waals surface area contributed by atoms with Crippen LogP contribution in [0.25, 0.3) is 0 Å². The molecule has 0 aromatic heterocycles. The highest BCUT2D eigenvalue weighted by Crippen LogP contribution is 2.31. The van der Waals surface area contributed by atoms with Crippen LogP contribution in [0.5, 0.6) is 11.5 Å². The molecule has 3 aromatic rings. The smallest absolute Gasteiger partial charge is 0.416 e. The zero-order valence-electron chi connectivity index (χ0n) is 26.2. The highest BCUT2D eigenvalue weighted by molar-refractivity contribution is 7.89. The summed E-state index contributed by atoms with van der Waals surface area (Å²) in [5.41, 5.74) is -0.0463. The molecule has 4 rings (SSSR count). The molecule has 0 aliphatic carbocycles. The summed E-state index contributed by atoms with van der Waals surface area (Å²) in [6.45, 7) is 3.34. The van der Waals surface area contributed by atoms with Gasteiger partial charge in [-0.1, -0.05) is 6.92 Å². The van der Waals surface area contributed by atoms with Gasteiger partial charge in [-0.25, -0.2) is 13.2 Å². The van der Waals surface area contributed by atoms with Crippen LogP contribution in [0.2, 0.25) is 0 Å². The highest BCUT2D eigenvalue weighted by Gasteiger charge is 2.34. The van der Waals surface area contributed by atoms with Crippen LogP contribution in [0.1, 0.15) is 25.0 Å². The topological polar surface area (TPSA) is 138 Å². The summed E-state index contributed by atoms with van der Waals surface area (Å²) < 4.78 is 78.2. The number of halogens is 3. The second-order valence-corrected chi connectivity index (χ2v) is 13.4. The van der Waals surface area contributed by atoms with E-state index in [0.717, 1.165) is 24.3 Å². The Kier molecular flexibility index (Phi) is 11.0. The Balaban J connectivity index is 1.58. The fraction of sp³-hybridized carbons (Fsp3) is 0.375. The number of rotatable bonds is 9. The number of methoxy groups -OCH3 is 1. The number of hydrogen-bond donors (Lipinski definition) is 3. The molecule has 15 heteroatoms. The molecule has 0 saturated carbocycles. The lowest BCUT2D eigenvalue weighted by Gasteiger charge is -2.33. The van der Waals surface area contributed by atoms with Gasteiger partial charge in [0.1, 0.15) is 17.6 Å². The number of alkyl halides is 3. The molecule has 1 aliphatic rings. The minimum absolute atomic E-state index is 0.0629. The van der Waals surface area contributed by atoms with E-state index in [1.165, 1.54) is 47.6 Å². The number of fused-ring (bicyclic) bond motifs is 1. The first-order valence-corrected chi connectivity index (χ1v) is 16.1. The van der Waals surface area contributed by atoms with E-state index in [1.54, 1.807) is 25.1 Å². The lowest BCUT2D eigenvalue weighted by Crippen LogP contribution is -2.48. The number of amides is 3. The second-order valence-electron chi connectivity index (χ2n) is 11.3. The van der Waals surface area contributed by atoms with Crippen LogP contribution in [-0.4, -0.2) is 80.7 Å². The van der Waals surface area contributed by atoms with E-state index in [-0.39, 0.29) is 54.2 Å².